The van der Waals surface area contributed by atoms with Crippen LogP contribution in [0.2, 0.25) is 0 Å². The van der Waals surface area contributed by atoms with Gasteiger partial charge in [-0.05, 0) is 31.2 Å². The molecule has 9 heteroatoms. The zero-order valence-corrected chi connectivity index (χ0v) is 16.8. The number of rotatable bonds is 10. The molecule has 8 nitrogen and oxygen atoms in total. The number of hydrogen-bond acceptors (Lipinski definition) is 7. The van der Waals surface area contributed by atoms with E-state index in [-0.39, 0.29) is 34.8 Å². The first-order valence-electron chi connectivity index (χ1n) is 8.67. The summed E-state index contributed by atoms with van der Waals surface area (Å²) in [7, 11) is -2.46. The lowest BCUT2D eigenvalue weighted by Crippen LogP contribution is -2.27. The first kappa shape index (κ1) is 22.3. The van der Waals surface area contributed by atoms with Gasteiger partial charge in [0.05, 0.1) is 24.0 Å². The van der Waals surface area contributed by atoms with E-state index in [1.165, 1.54) is 38.3 Å². The molecule has 154 valence electrons. The summed E-state index contributed by atoms with van der Waals surface area (Å²) in [6, 6.07) is 12.1. The van der Waals surface area contributed by atoms with Gasteiger partial charge in [0.15, 0.2) is 12.4 Å². The van der Waals surface area contributed by atoms with E-state index >= 15 is 0 Å². The highest BCUT2D eigenvalue weighted by Gasteiger charge is 2.17. The Bertz CT molecular complexity index is 1010. The number of para-hydroxylation sites is 1. The highest BCUT2D eigenvalue weighted by atomic mass is 32.2. The Morgan fingerprint density at radius 1 is 1.03 bits per heavy atom. The Morgan fingerprint density at radius 2 is 1.76 bits per heavy atom. The topological polar surface area (TPSA) is 116 Å². The van der Waals surface area contributed by atoms with Crippen LogP contribution in [-0.2, 0) is 19.6 Å². The largest absolute Gasteiger partial charge is 0.496 e. The summed E-state index contributed by atoms with van der Waals surface area (Å²) in [5.74, 6) is -1.05. The predicted molar refractivity (Wildman–Crippen MR) is 105 cm³/mol. The Kier molecular flexibility index (Phi) is 7.63. The number of benzene rings is 2. The van der Waals surface area contributed by atoms with Crippen LogP contribution in [0.1, 0.15) is 34.1 Å². The quantitative estimate of drug-likeness (QED) is 0.462. The molecule has 0 radical (unpaired) electrons. The molecule has 0 unspecified atom stereocenters. The highest BCUT2D eigenvalue weighted by molar-refractivity contribution is 7.89. The molecule has 0 aromatic heterocycles. The van der Waals surface area contributed by atoms with Crippen molar-refractivity contribution in [1.29, 1.82) is 0 Å². The summed E-state index contributed by atoms with van der Waals surface area (Å²) in [4.78, 5) is 35.3. The van der Waals surface area contributed by atoms with Crippen LogP contribution in [0.25, 0.3) is 0 Å². The van der Waals surface area contributed by atoms with Crippen molar-refractivity contribution in [2.45, 2.75) is 18.2 Å². The van der Waals surface area contributed by atoms with E-state index in [0.717, 1.165) is 0 Å². The van der Waals surface area contributed by atoms with Gasteiger partial charge in [0.25, 0.3) is 0 Å². The smallest absolute Gasteiger partial charge is 0.307 e. The lowest BCUT2D eigenvalue weighted by molar-refractivity contribution is -0.142. The fourth-order valence-electron chi connectivity index (χ4n) is 2.42. The van der Waals surface area contributed by atoms with Gasteiger partial charge in [0.2, 0.25) is 15.8 Å². The van der Waals surface area contributed by atoms with Crippen molar-refractivity contribution in [3.05, 3.63) is 59.7 Å². The molecule has 0 aliphatic heterocycles. The van der Waals surface area contributed by atoms with Crippen molar-refractivity contribution in [2.75, 3.05) is 20.3 Å². The normalized spacial score (nSPS) is 11.0. The molecule has 0 heterocycles. The Hall–Kier alpha value is -3.04. The number of carbonyl (C=O) groups excluding carboxylic acids is 3. The molecule has 0 amide bonds. The monoisotopic (exact) mass is 419 g/mol. The lowest BCUT2D eigenvalue weighted by atomic mass is 10.1. The maximum Gasteiger partial charge on any atom is 0.307 e. The molecule has 0 fully saturated rings. The third kappa shape index (κ3) is 6.23. The number of nitrogens with one attached hydrogen (secondary N) is 1. The van der Waals surface area contributed by atoms with Crippen molar-refractivity contribution in [3.63, 3.8) is 0 Å². The molecular weight excluding hydrogens is 398 g/mol. The lowest BCUT2D eigenvalue weighted by Gasteiger charge is -2.09. The fourth-order valence-corrected chi connectivity index (χ4v) is 3.50. The van der Waals surface area contributed by atoms with Gasteiger partial charge in [0.1, 0.15) is 5.75 Å². The summed E-state index contributed by atoms with van der Waals surface area (Å²) in [5.41, 5.74) is 0.552. The van der Waals surface area contributed by atoms with E-state index in [1.54, 1.807) is 24.3 Å². The minimum absolute atomic E-state index is 0.0788. The van der Waals surface area contributed by atoms with E-state index in [4.69, 9.17) is 9.47 Å². The molecular formula is C20H21NO7S. The molecule has 0 aliphatic carbocycles. The van der Waals surface area contributed by atoms with E-state index in [1.807, 2.05) is 0 Å². The zero-order chi connectivity index (χ0) is 21.4. The molecule has 2 rings (SSSR count). The van der Waals surface area contributed by atoms with Crippen molar-refractivity contribution in [3.8, 4) is 5.75 Å². The van der Waals surface area contributed by atoms with Crippen molar-refractivity contribution < 1.29 is 32.3 Å². The van der Waals surface area contributed by atoms with Crippen LogP contribution >= 0.6 is 0 Å². The second kappa shape index (κ2) is 9.94. The van der Waals surface area contributed by atoms with Gasteiger partial charge < -0.3 is 9.47 Å². The van der Waals surface area contributed by atoms with Crippen LogP contribution in [0, 0.1) is 0 Å². The summed E-state index contributed by atoms with van der Waals surface area (Å²) in [6.45, 7) is 0.641. The van der Waals surface area contributed by atoms with Crippen molar-refractivity contribution in [1.82, 2.24) is 4.72 Å². The molecule has 0 aliphatic rings. The van der Waals surface area contributed by atoms with Gasteiger partial charge in [-0.15, -0.1) is 0 Å². The number of sulfonamides is 1. The maximum absolute atomic E-state index is 12.3. The number of hydrogen-bond donors (Lipinski definition) is 1. The Labute approximate surface area is 168 Å². The second-order valence-electron chi connectivity index (χ2n) is 6.02. The molecule has 2 aromatic rings. The third-order valence-electron chi connectivity index (χ3n) is 3.94. The van der Waals surface area contributed by atoms with E-state index < -0.39 is 28.4 Å². The van der Waals surface area contributed by atoms with Gasteiger partial charge in [-0.25, -0.2) is 13.1 Å². The molecule has 2 aromatic carbocycles. The van der Waals surface area contributed by atoms with Crippen LogP contribution in [0.15, 0.2) is 53.4 Å². The average molecular weight is 419 g/mol. The minimum Gasteiger partial charge on any atom is -0.496 e. The first-order valence-corrected chi connectivity index (χ1v) is 10.2. The maximum atomic E-state index is 12.3. The highest BCUT2D eigenvalue weighted by Crippen LogP contribution is 2.18. The molecule has 0 atom stereocenters. The minimum atomic E-state index is -3.89. The SMILES string of the molecule is COc1ccccc1C(=O)COC(=O)CCNS(=O)(=O)c1cccc(C(C)=O)c1. The van der Waals surface area contributed by atoms with Crippen LogP contribution in [0.5, 0.6) is 5.75 Å². The molecule has 0 saturated carbocycles. The number of esters is 1. The number of ether oxygens (including phenoxy) is 2. The predicted octanol–water partition coefficient (Wildman–Crippen LogP) is 1.99. The summed E-state index contributed by atoms with van der Waals surface area (Å²) < 4.78 is 36.8. The van der Waals surface area contributed by atoms with Crippen molar-refractivity contribution >= 4 is 27.6 Å². The molecule has 29 heavy (non-hydrogen) atoms. The van der Waals surface area contributed by atoms with Gasteiger partial charge >= 0.3 is 5.97 Å². The summed E-state index contributed by atoms with van der Waals surface area (Å²) >= 11 is 0. The Balaban J connectivity index is 1.85. The molecule has 0 bridgehead atoms. The van der Waals surface area contributed by atoms with Crippen LogP contribution in [-0.4, -0.2) is 46.2 Å². The van der Waals surface area contributed by atoms with Gasteiger partial charge in [-0.2, -0.15) is 0 Å². The average Bonchev–Trinajstić information content (AvgIpc) is 2.71. The number of Topliss-reactive ketones (excluding diaryl/α,β-unsaturated/α-hetero) is 2. The summed E-state index contributed by atoms with van der Waals surface area (Å²) in [5, 5.41) is 0. The van der Waals surface area contributed by atoms with E-state index in [9.17, 15) is 22.8 Å². The first-order chi connectivity index (χ1) is 13.7. The van der Waals surface area contributed by atoms with Crippen LogP contribution < -0.4 is 9.46 Å². The van der Waals surface area contributed by atoms with E-state index in [0.29, 0.717) is 5.75 Å². The second-order valence-corrected chi connectivity index (χ2v) is 7.78. The number of methoxy groups -OCH3 is 1. The standard InChI is InChI=1S/C20H21NO7S/c1-14(22)15-6-5-7-16(12-15)29(25,26)21-11-10-20(24)28-13-18(23)17-8-3-4-9-19(17)27-2/h3-9,12,21H,10-11,13H2,1-2H3. The van der Waals surface area contributed by atoms with Crippen LogP contribution in [0.3, 0.4) is 0 Å². The molecule has 0 saturated heterocycles. The fraction of sp³-hybridized carbons (Fsp3) is 0.250. The number of carbonyl (C=O) groups is 3. The van der Waals surface area contributed by atoms with Gasteiger partial charge in [0, 0.05) is 12.1 Å². The zero-order valence-electron chi connectivity index (χ0n) is 16.0. The number of ketones is 2. The van der Waals surface area contributed by atoms with E-state index in [2.05, 4.69) is 4.72 Å². The molecule has 1 N–H and O–H groups in total. The van der Waals surface area contributed by atoms with Gasteiger partial charge in [-0.3, -0.25) is 14.4 Å². The third-order valence-corrected chi connectivity index (χ3v) is 5.40. The van der Waals surface area contributed by atoms with Gasteiger partial charge in [-0.1, -0.05) is 24.3 Å². The molecule has 0 spiro atoms. The Morgan fingerprint density at radius 3 is 2.45 bits per heavy atom. The van der Waals surface area contributed by atoms with Crippen LogP contribution in [0.4, 0.5) is 0 Å². The van der Waals surface area contributed by atoms with Crippen molar-refractivity contribution in [2.24, 2.45) is 0 Å². The summed E-state index contributed by atoms with van der Waals surface area (Å²) in [6.07, 6.45) is -0.259.